The molecule has 0 radical (unpaired) electrons. The molecule has 4 nitrogen and oxygen atoms in total. The molecule has 0 aromatic heterocycles. The molecule has 0 aliphatic rings. The normalized spacial score (nSPS) is 11.8. The molecule has 1 rings (SSSR count). The van der Waals surface area contributed by atoms with Crippen LogP contribution in [0.1, 0.15) is 39.2 Å². The molecular formula is C16H23ClN2O2. The Morgan fingerprint density at radius 2 is 2.05 bits per heavy atom. The number of halogens is 1. The van der Waals surface area contributed by atoms with Crippen LogP contribution in [-0.2, 0) is 16.1 Å². The molecule has 1 atom stereocenters. The second-order valence-corrected chi connectivity index (χ2v) is 5.41. The van der Waals surface area contributed by atoms with Crippen molar-refractivity contribution >= 4 is 23.4 Å². The van der Waals surface area contributed by atoms with Gasteiger partial charge in [0.25, 0.3) is 0 Å². The average molecular weight is 311 g/mol. The van der Waals surface area contributed by atoms with Gasteiger partial charge in [0.1, 0.15) is 6.04 Å². The Labute approximate surface area is 131 Å². The number of rotatable bonds is 7. The monoisotopic (exact) mass is 310 g/mol. The number of hydrogen-bond donors (Lipinski definition) is 1. The zero-order valence-corrected chi connectivity index (χ0v) is 13.6. The molecule has 116 valence electrons. The van der Waals surface area contributed by atoms with Crippen molar-refractivity contribution in [3.8, 4) is 0 Å². The molecule has 0 bridgehead atoms. The third kappa shape index (κ3) is 5.38. The van der Waals surface area contributed by atoms with Gasteiger partial charge in [-0.25, -0.2) is 0 Å². The van der Waals surface area contributed by atoms with Crippen molar-refractivity contribution in [1.82, 2.24) is 10.2 Å². The minimum Gasteiger partial charge on any atom is -0.355 e. The van der Waals surface area contributed by atoms with Crippen LogP contribution in [0.3, 0.4) is 0 Å². The van der Waals surface area contributed by atoms with Crippen LogP contribution in [0.4, 0.5) is 0 Å². The van der Waals surface area contributed by atoms with E-state index in [9.17, 15) is 9.59 Å². The van der Waals surface area contributed by atoms with Gasteiger partial charge < -0.3 is 10.2 Å². The summed E-state index contributed by atoms with van der Waals surface area (Å²) in [5.41, 5.74) is 0.920. The van der Waals surface area contributed by atoms with Crippen molar-refractivity contribution < 1.29 is 9.59 Å². The Bertz CT molecular complexity index is 491. The van der Waals surface area contributed by atoms with Gasteiger partial charge >= 0.3 is 0 Å². The maximum absolute atomic E-state index is 12.3. The van der Waals surface area contributed by atoms with E-state index >= 15 is 0 Å². The highest BCUT2D eigenvalue weighted by molar-refractivity contribution is 6.30. The second-order valence-electron chi connectivity index (χ2n) is 4.97. The third-order valence-electron chi connectivity index (χ3n) is 3.22. The Hall–Kier alpha value is -1.55. The van der Waals surface area contributed by atoms with E-state index in [4.69, 9.17) is 11.6 Å². The molecule has 0 heterocycles. The topological polar surface area (TPSA) is 49.4 Å². The van der Waals surface area contributed by atoms with Gasteiger partial charge in [-0.15, -0.1) is 0 Å². The summed E-state index contributed by atoms with van der Waals surface area (Å²) in [5, 5.41) is 3.39. The highest BCUT2D eigenvalue weighted by atomic mass is 35.5. The van der Waals surface area contributed by atoms with Gasteiger partial charge in [0, 0.05) is 24.5 Å². The number of likely N-dealkylation sites (N-methyl/N-ethyl adjacent to an activating group) is 1. The van der Waals surface area contributed by atoms with E-state index in [1.807, 2.05) is 32.0 Å². The molecule has 0 saturated heterocycles. The van der Waals surface area contributed by atoms with Crippen molar-refractivity contribution in [2.45, 2.75) is 46.2 Å². The van der Waals surface area contributed by atoms with E-state index in [0.717, 1.165) is 12.0 Å². The summed E-state index contributed by atoms with van der Waals surface area (Å²) in [4.78, 5) is 25.9. The Morgan fingerprint density at radius 3 is 2.62 bits per heavy atom. The zero-order chi connectivity index (χ0) is 15.8. The molecule has 21 heavy (non-hydrogen) atoms. The first-order valence-corrected chi connectivity index (χ1v) is 7.69. The van der Waals surface area contributed by atoms with Gasteiger partial charge in [-0.05, 0) is 38.0 Å². The quantitative estimate of drug-likeness (QED) is 0.841. The summed E-state index contributed by atoms with van der Waals surface area (Å²) in [5.74, 6) is -0.153. The molecule has 0 aliphatic heterocycles. The van der Waals surface area contributed by atoms with Gasteiger partial charge in [0.15, 0.2) is 0 Å². The van der Waals surface area contributed by atoms with Crippen LogP contribution >= 0.6 is 11.6 Å². The first kappa shape index (κ1) is 17.5. The predicted octanol–water partition coefficient (Wildman–Crippen LogP) is 2.99. The number of amides is 2. The van der Waals surface area contributed by atoms with Crippen molar-refractivity contribution in [3.63, 3.8) is 0 Å². The molecule has 0 saturated carbocycles. The van der Waals surface area contributed by atoms with E-state index < -0.39 is 6.04 Å². The fourth-order valence-corrected chi connectivity index (χ4v) is 2.31. The van der Waals surface area contributed by atoms with Gasteiger partial charge in [-0.2, -0.15) is 0 Å². The van der Waals surface area contributed by atoms with Gasteiger partial charge in [-0.3, -0.25) is 9.59 Å². The highest BCUT2D eigenvalue weighted by Crippen LogP contribution is 2.15. The molecule has 0 aliphatic carbocycles. The van der Waals surface area contributed by atoms with E-state index in [1.165, 1.54) is 0 Å². The van der Waals surface area contributed by atoms with E-state index in [0.29, 0.717) is 24.5 Å². The average Bonchev–Trinajstić information content (AvgIpc) is 2.44. The minimum absolute atomic E-state index is 0.0174. The molecule has 1 aromatic carbocycles. The van der Waals surface area contributed by atoms with Crippen LogP contribution in [0.15, 0.2) is 24.3 Å². The second kappa shape index (κ2) is 8.67. The number of carbonyl (C=O) groups is 2. The smallest absolute Gasteiger partial charge is 0.242 e. The van der Waals surface area contributed by atoms with Gasteiger partial charge in [-0.1, -0.05) is 30.7 Å². The molecule has 1 aromatic rings. The molecule has 0 fully saturated rings. The fraction of sp³-hybridized carbons (Fsp3) is 0.500. The number of nitrogens with one attached hydrogen (secondary N) is 1. The Kier molecular flexibility index (Phi) is 7.23. The molecule has 5 heteroatoms. The lowest BCUT2D eigenvalue weighted by Crippen LogP contribution is -2.47. The summed E-state index contributed by atoms with van der Waals surface area (Å²) in [6, 6.07) is 6.86. The SMILES string of the molecule is CCCC(=O)N(Cc1cccc(Cl)c1)[C@@H](C)C(=O)NCC. The lowest BCUT2D eigenvalue weighted by atomic mass is 10.1. The maximum atomic E-state index is 12.3. The molecule has 0 spiro atoms. The van der Waals surface area contributed by atoms with Crippen molar-refractivity contribution in [2.75, 3.05) is 6.54 Å². The summed E-state index contributed by atoms with van der Waals surface area (Å²) >= 11 is 5.98. The van der Waals surface area contributed by atoms with Crippen molar-refractivity contribution in [1.29, 1.82) is 0 Å². The molecule has 2 amide bonds. The minimum atomic E-state index is -0.497. The summed E-state index contributed by atoms with van der Waals surface area (Å²) in [6.45, 7) is 6.50. The van der Waals surface area contributed by atoms with E-state index in [-0.39, 0.29) is 11.8 Å². The van der Waals surface area contributed by atoms with Crippen molar-refractivity contribution in [2.24, 2.45) is 0 Å². The lowest BCUT2D eigenvalue weighted by molar-refractivity contribution is -0.140. The number of carbonyl (C=O) groups excluding carboxylic acids is 2. The molecular weight excluding hydrogens is 288 g/mol. The highest BCUT2D eigenvalue weighted by Gasteiger charge is 2.25. The molecule has 1 N–H and O–H groups in total. The third-order valence-corrected chi connectivity index (χ3v) is 3.46. The van der Waals surface area contributed by atoms with Crippen LogP contribution in [0.5, 0.6) is 0 Å². The Balaban J connectivity index is 2.91. The summed E-state index contributed by atoms with van der Waals surface area (Å²) < 4.78 is 0. The van der Waals surface area contributed by atoms with E-state index in [1.54, 1.807) is 17.9 Å². The maximum Gasteiger partial charge on any atom is 0.242 e. The van der Waals surface area contributed by atoms with Crippen LogP contribution in [0.25, 0.3) is 0 Å². The number of nitrogens with zero attached hydrogens (tertiary/aromatic N) is 1. The van der Waals surface area contributed by atoms with Crippen LogP contribution < -0.4 is 5.32 Å². The van der Waals surface area contributed by atoms with E-state index in [2.05, 4.69) is 5.32 Å². The lowest BCUT2D eigenvalue weighted by Gasteiger charge is -2.28. The predicted molar refractivity (Wildman–Crippen MR) is 85.1 cm³/mol. The van der Waals surface area contributed by atoms with Crippen molar-refractivity contribution in [3.05, 3.63) is 34.9 Å². The van der Waals surface area contributed by atoms with Gasteiger partial charge in [0.05, 0.1) is 0 Å². The first-order chi connectivity index (χ1) is 9.99. The van der Waals surface area contributed by atoms with Crippen LogP contribution in [-0.4, -0.2) is 29.3 Å². The van der Waals surface area contributed by atoms with Crippen LogP contribution in [0.2, 0.25) is 5.02 Å². The zero-order valence-electron chi connectivity index (χ0n) is 12.9. The largest absolute Gasteiger partial charge is 0.355 e. The Morgan fingerprint density at radius 1 is 1.33 bits per heavy atom. The number of hydrogen-bond acceptors (Lipinski definition) is 2. The fourth-order valence-electron chi connectivity index (χ4n) is 2.09. The summed E-state index contributed by atoms with van der Waals surface area (Å²) in [7, 11) is 0. The summed E-state index contributed by atoms with van der Waals surface area (Å²) in [6.07, 6.45) is 1.19. The van der Waals surface area contributed by atoms with Gasteiger partial charge in [0.2, 0.25) is 11.8 Å². The molecule has 0 unspecified atom stereocenters. The number of benzene rings is 1. The first-order valence-electron chi connectivity index (χ1n) is 7.31. The van der Waals surface area contributed by atoms with Crippen LogP contribution in [0, 0.1) is 0 Å². The standard InChI is InChI=1S/C16H23ClN2O2/c1-4-7-15(20)19(12(3)16(21)18-5-2)11-13-8-6-9-14(17)10-13/h6,8-10,12H,4-5,7,11H2,1-3H3,(H,18,21)/t12-/m0/s1.